The Balaban J connectivity index is 0.000000758. The second-order valence-corrected chi connectivity index (χ2v) is 7.09. The summed E-state index contributed by atoms with van der Waals surface area (Å²) in [6.07, 6.45) is -2.75. The van der Waals surface area contributed by atoms with Gasteiger partial charge in [0.05, 0.1) is 6.42 Å². The maximum Gasteiger partial charge on any atom is 0.490 e. The van der Waals surface area contributed by atoms with Crippen molar-refractivity contribution < 1.29 is 42.3 Å². The van der Waals surface area contributed by atoms with E-state index in [0.29, 0.717) is 24.4 Å². The molecule has 8 nitrogen and oxygen atoms in total. The molecular formula is C13H17F3N2O6S2. The van der Waals surface area contributed by atoms with Crippen LogP contribution in [-0.2, 0) is 16.0 Å². The van der Waals surface area contributed by atoms with E-state index in [1.54, 1.807) is 0 Å². The molecule has 3 N–H and O–H groups in total. The monoisotopic (exact) mass is 418 g/mol. The van der Waals surface area contributed by atoms with E-state index >= 15 is 0 Å². The Bertz CT molecular complexity index is 595. The van der Waals surface area contributed by atoms with Crippen LogP contribution in [-0.4, -0.2) is 57.4 Å². The van der Waals surface area contributed by atoms with Crippen LogP contribution >= 0.6 is 21.6 Å². The van der Waals surface area contributed by atoms with Crippen molar-refractivity contribution in [3.8, 4) is 0 Å². The number of carboxylic acid groups (broad SMARTS) is 2. The van der Waals surface area contributed by atoms with Gasteiger partial charge in [0.2, 0.25) is 0 Å². The third-order valence-electron chi connectivity index (χ3n) is 2.44. The van der Waals surface area contributed by atoms with Gasteiger partial charge in [0, 0.05) is 23.6 Å². The van der Waals surface area contributed by atoms with Crippen LogP contribution in [0.3, 0.4) is 0 Å². The summed E-state index contributed by atoms with van der Waals surface area (Å²) in [5.41, 5.74) is 1.13. The predicted octanol–water partition coefficient (Wildman–Crippen LogP) is 2.46. The Kier molecular flexibility index (Phi) is 11.6. The molecule has 0 bridgehead atoms. The summed E-state index contributed by atoms with van der Waals surface area (Å²) in [7, 11) is 3.03. The van der Waals surface area contributed by atoms with Crippen molar-refractivity contribution in [2.75, 3.05) is 18.1 Å². The normalized spacial score (nSPS) is 10.6. The lowest BCUT2D eigenvalue weighted by atomic mass is 10.2. The number of amides is 1. The summed E-state index contributed by atoms with van der Waals surface area (Å²) in [6, 6.07) is 0. The zero-order valence-corrected chi connectivity index (χ0v) is 15.2. The van der Waals surface area contributed by atoms with Gasteiger partial charge in [-0.15, -0.1) is 0 Å². The third-order valence-corrected chi connectivity index (χ3v) is 4.84. The fraction of sp³-hybridized carbons (Fsp3) is 0.538. The number of aromatic nitrogens is 1. The molecule has 0 radical (unpaired) electrons. The van der Waals surface area contributed by atoms with Gasteiger partial charge in [-0.1, -0.05) is 33.7 Å². The molecule has 13 heteroatoms. The molecule has 0 aliphatic rings. The van der Waals surface area contributed by atoms with Crippen LogP contribution in [0.1, 0.15) is 29.4 Å². The van der Waals surface area contributed by atoms with Crippen LogP contribution in [0, 0.1) is 0 Å². The molecule has 1 aromatic heterocycles. The Morgan fingerprint density at radius 2 is 1.81 bits per heavy atom. The minimum atomic E-state index is -5.08. The standard InChI is InChI=1S/C11H16N2O4S2.C2HF3O2/c1-2-8-7-17-13-10(8)11(16)12-4-6-19-18-5-3-9(14)15;3-2(4,5)1(6)7/h7H,2-6H2,1H3,(H,12,16)(H,14,15);(H,6,7). The van der Waals surface area contributed by atoms with E-state index in [1.165, 1.54) is 27.9 Å². The van der Waals surface area contributed by atoms with Crippen molar-refractivity contribution in [3.05, 3.63) is 17.5 Å². The number of hydrogen-bond donors (Lipinski definition) is 3. The number of hydrogen-bond acceptors (Lipinski definition) is 7. The Morgan fingerprint density at radius 1 is 1.23 bits per heavy atom. The number of aliphatic carboxylic acids is 2. The van der Waals surface area contributed by atoms with Gasteiger partial charge in [0.25, 0.3) is 5.91 Å². The van der Waals surface area contributed by atoms with Gasteiger partial charge in [-0.2, -0.15) is 13.2 Å². The molecule has 1 amide bonds. The second kappa shape index (κ2) is 12.5. The predicted molar refractivity (Wildman–Crippen MR) is 89.1 cm³/mol. The Hall–Kier alpha value is -1.89. The lowest BCUT2D eigenvalue weighted by molar-refractivity contribution is -0.192. The van der Waals surface area contributed by atoms with E-state index in [-0.39, 0.29) is 12.3 Å². The molecule has 1 heterocycles. The fourth-order valence-corrected chi connectivity index (χ4v) is 3.12. The molecule has 1 rings (SSSR count). The van der Waals surface area contributed by atoms with Crippen molar-refractivity contribution >= 4 is 39.4 Å². The zero-order valence-electron chi connectivity index (χ0n) is 13.5. The first-order chi connectivity index (χ1) is 12.1. The molecule has 0 aliphatic heterocycles. The van der Waals surface area contributed by atoms with E-state index in [9.17, 15) is 22.8 Å². The first-order valence-corrected chi connectivity index (χ1v) is 9.56. The molecular weight excluding hydrogens is 401 g/mol. The van der Waals surface area contributed by atoms with E-state index in [2.05, 4.69) is 10.5 Å². The van der Waals surface area contributed by atoms with Crippen LogP contribution in [0.25, 0.3) is 0 Å². The van der Waals surface area contributed by atoms with Crippen molar-refractivity contribution in [3.63, 3.8) is 0 Å². The summed E-state index contributed by atoms with van der Waals surface area (Å²) in [6.45, 7) is 2.44. The van der Waals surface area contributed by atoms with Crippen LogP contribution in [0.2, 0.25) is 0 Å². The average Bonchev–Trinajstić information content (AvgIpc) is 3.01. The number of aryl methyl sites for hydroxylation is 1. The van der Waals surface area contributed by atoms with E-state index in [0.717, 1.165) is 11.3 Å². The number of nitrogens with zero attached hydrogens (tertiary/aromatic N) is 1. The van der Waals surface area contributed by atoms with Crippen LogP contribution in [0.15, 0.2) is 10.8 Å². The van der Waals surface area contributed by atoms with Crippen molar-refractivity contribution in [1.29, 1.82) is 0 Å². The molecule has 0 atom stereocenters. The number of rotatable bonds is 9. The maximum absolute atomic E-state index is 11.7. The summed E-state index contributed by atoms with van der Waals surface area (Å²) < 4.78 is 36.5. The first kappa shape index (κ1) is 24.1. The highest BCUT2D eigenvalue weighted by molar-refractivity contribution is 8.76. The minimum absolute atomic E-state index is 0.156. The van der Waals surface area contributed by atoms with Crippen LogP contribution in [0.5, 0.6) is 0 Å². The maximum atomic E-state index is 11.7. The number of carboxylic acids is 2. The summed E-state index contributed by atoms with van der Waals surface area (Å²) >= 11 is 0. The average molecular weight is 418 g/mol. The van der Waals surface area contributed by atoms with Gasteiger partial charge < -0.3 is 20.1 Å². The van der Waals surface area contributed by atoms with E-state index < -0.39 is 18.1 Å². The molecule has 0 saturated heterocycles. The van der Waals surface area contributed by atoms with Gasteiger partial charge in [-0.05, 0) is 6.42 Å². The Morgan fingerprint density at radius 3 is 2.31 bits per heavy atom. The highest BCUT2D eigenvalue weighted by Gasteiger charge is 2.38. The lowest BCUT2D eigenvalue weighted by Crippen LogP contribution is -2.26. The molecule has 0 fully saturated rings. The molecule has 0 unspecified atom stereocenters. The number of nitrogens with one attached hydrogen (secondary N) is 1. The van der Waals surface area contributed by atoms with E-state index in [4.69, 9.17) is 19.5 Å². The number of halogens is 3. The van der Waals surface area contributed by atoms with Crippen LogP contribution in [0.4, 0.5) is 13.2 Å². The molecule has 1 aromatic rings. The molecule has 0 spiro atoms. The molecule has 0 saturated carbocycles. The SMILES string of the molecule is CCc1conc1C(=O)NCCSSCCC(=O)O.O=C(O)C(F)(F)F. The first-order valence-electron chi connectivity index (χ1n) is 7.07. The number of carbonyl (C=O) groups is 3. The Labute approximate surface area is 154 Å². The number of carbonyl (C=O) groups excluding carboxylic acids is 1. The second-order valence-electron chi connectivity index (χ2n) is 4.39. The van der Waals surface area contributed by atoms with Crippen molar-refractivity contribution in [2.24, 2.45) is 0 Å². The molecule has 0 aromatic carbocycles. The highest BCUT2D eigenvalue weighted by Crippen LogP contribution is 2.21. The summed E-state index contributed by atoms with van der Waals surface area (Å²) in [5, 5.41) is 22.0. The smallest absolute Gasteiger partial charge is 0.481 e. The van der Waals surface area contributed by atoms with Crippen LogP contribution < -0.4 is 5.32 Å². The molecule has 26 heavy (non-hydrogen) atoms. The summed E-state index contributed by atoms with van der Waals surface area (Å²) in [4.78, 5) is 30.9. The molecule has 0 aliphatic carbocycles. The van der Waals surface area contributed by atoms with Gasteiger partial charge >= 0.3 is 18.1 Å². The fourth-order valence-electron chi connectivity index (χ4n) is 1.23. The topological polar surface area (TPSA) is 130 Å². The van der Waals surface area contributed by atoms with Gasteiger partial charge in [-0.3, -0.25) is 9.59 Å². The van der Waals surface area contributed by atoms with Gasteiger partial charge in [-0.25, -0.2) is 4.79 Å². The molecule has 148 valence electrons. The lowest BCUT2D eigenvalue weighted by Gasteiger charge is -2.03. The van der Waals surface area contributed by atoms with Gasteiger partial charge in [0.1, 0.15) is 6.26 Å². The van der Waals surface area contributed by atoms with E-state index in [1.807, 2.05) is 6.92 Å². The third kappa shape index (κ3) is 10.9. The number of alkyl halides is 3. The van der Waals surface area contributed by atoms with Crippen molar-refractivity contribution in [1.82, 2.24) is 10.5 Å². The quantitative estimate of drug-likeness (QED) is 0.409. The van der Waals surface area contributed by atoms with Crippen molar-refractivity contribution in [2.45, 2.75) is 25.9 Å². The van der Waals surface area contributed by atoms with Gasteiger partial charge in [0.15, 0.2) is 5.69 Å². The summed E-state index contributed by atoms with van der Waals surface area (Å²) in [5.74, 6) is -2.50. The highest BCUT2D eigenvalue weighted by atomic mass is 33.1. The zero-order chi connectivity index (χ0) is 20.2. The largest absolute Gasteiger partial charge is 0.490 e. The minimum Gasteiger partial charge on any atom is -0.481 e.